The molecule has 2 aliphatic rings. The van der Waals surface area contributed by atoms with Crippen LogP contribution in [0.1, 0.15) is 24.4 Å². The first kappa shape index (κ1) is 21.3. The Labute approximate surface area is 182 Å². The van der Waals surface area contributed by atoms with Crippen LogP contribution < -0.4 is 15.5 Å². The van der Waals surface area contributed by atoms with E-state index >= 15 is 0 Å². The Morgan fingerprint density at radius 3 is 2.61 bits per heavy atom. The van der Waals surface area contributed by atoms with E-state index in [1.165, 1.54) is 23.0 Å². The molecule has 33 heavy (non-hydrogen) atoms. The number of carbonyl (C=O) groups is 1. The highest BCUT2D eigenvalue weighted by Crippen LogP contribution is 2.44. The molecule has 1 unspecified atom stereocenters. The fraction of sp³-hybridized carbons (Fsp3) is 0.350. The van der Waals surface area contributed by atoms with Gasteiger partial charge in [0.1, 0.15) is 29.2 Å². The van der Waals surface area contributed by atoms with Crippen LogP contribution in [0.15, 0.2) is 36.7 Å². The number of urea groups is 1. The Morgan fingerprint density at radius 1 is 1.12 bits per heavy atom. The van der Waals surface area contributed by atoms with Gasteiger partial charge in [-0.1, -0.05) is 0 Å². The van der Waals surface area contributed by atoms with Gasteiger partial charge in [-0.3, -0.25) is 0 Å². The standard InChI is InChI=1S/C20H16F6N6O/c21-10-1-2-12(22)11(5-10)14-6-19(23,24)9-31(14)16-3-4-32-17(30-16)13(8-27-32)28-18(33)29-15-7-20(15,25)26/h1-5,8,14-15H,6-7,9H2,(H2,28,29,33)/t14-,15?/m1/s1. The molecule has 1 aromatic carbocycles. The van der Waals surface area contributed by atoms with Crippen LogP contribution in [0.2, 0.25) is 0 Å². The number of fused-ring (bicyclic) bond motifs is 1. The molecule has 13 heteroatoms. The number of nitrogens with one attached hydrogen (secondary N) is 2. The first-order valence-electron chi connectivity index (χ1n) is 9.92. The van der Waals surface area contributed by atoms with Gasteiger partial charge in [0.05, 0.1) is 18.8 Å². The number of rotatable bonds is 4. The minimum Gasteiger partial charge on any atom is -0.343 e. The molecule has 1 aliphatic carbocycles. The Bertz CT molecular complexity index is 1250. The number of benzene rings is 1. The zero-order chi connectivity index (χ0) is 23.5. The molecule has 3 aromatic rings. The van der Waals surface area contributed by atoms with Gasteiger partial charge in [-0.2, -0.15) is 5.10 Å². The van der Waals surface area contributed by atoms with Crippen LogP contribution >= 0.6 is 0 Å². The molecule has 0 bridgehead atoms. The van der Waals surface area contributed by atoms with E-state index in [4.69, 9.17) is 0 Å². The Kier molecular flexibility index (Phi) is 4.69. The van der Waals surface area contributed by atoms with Crippen molar-refractivity contribution < 1.29 is 31.1 Å². The largest absolute Gasteiger partial charge is 0.343 e. The first-order valence-corrected chi connectivity index (χ1v) is 9.92. The molecule has 0 spiro atoms. The number of alkyl halides is 4. The number of nitrogens with zero attached hydrogens (tertiary/aromatic N) is 4. The SMILES string of the molecule is O=C(Nc1cnn2ccc(N3CC(F)(F)C[C@@H]3c3cc(F)ccc3F)nc12)NC1CC1(F)F. The number of hydrogen-bond acceptors (Lipinski definition) is 4. The van der Waals surface area contributed by atoms with Crippen molar-refractivity contribution in [2.45, 2.75) is 36.8 Å². The van der Waals surface area contributed by atoms with Crippen LogP contribution in [0, 0.1) is 11.6 Å². The quantitative estimate of drug-likeness (QED) is 0.563. The molecule has 1 saturated heterocycles. The molecule has 2 atom stereocenters. The highest BCUT2D eigenvalue weighted by atomic mass is 19.3. The summed E-state index contributed by atoms with van der Waals surface area (Å²) in [7, 11) is 0. The molecule has 2 amide bonds. The van der Waals surface area contributed by atoms with E-state index in [1.807, 2.05) is 0 Å². The number of halogens is 6. The smallest absolute Gasteiger partial charge is 0.319 e. The van der Waals surface area contributed by atoms with Gasteiger partial charge in [0, 0.05) is 24.6 Å². The van der Waals surface area contributed by atoms with Gasteiger partial charge in [-0.25, -0.2) is 40.6 Å². The van der Waals surface area contributed by atoms with E-state index in [9.17, 15) is 31.1 Å². The zero-order valence-electron chi connectivity index (χ0n) is 16.7. The topological polar surface area (TPSA) is 74.6 Å². The maximum Gasteiger partial charge on any atom is 0.319 e. The summed E-state index contributed by atoms with van der Waals surface area (Å²) in [5.41, 5.74) is -0.123. The molecule has 2 aromatic heterocycles. The lowest BCUT2D eigenvalue weighted by atomic mass is 10.0. The summed E-state index contributed by atoms with van der Waals surface area (Å²) >= 11 is 0. The van der Waals surface area contributed by atoms with Crippen molar-refractivity contribution in [2.75, 3.05) is 16.8 Å². The van der Waals surface area contributed by atoms with Crippen LogP contribution in [0.4, 0.5) is 42.6 Å². The summed E-state index contributed by atoms with van der Waals surface area (Å²) in [6.45, 7) is -0.787. The van der Waals surface area contributed by atoms with Gasteiger partial charge in [0.2, 0.25) is 0 Å². The summed E-state index contributed by atoms with van der Waals surface area (Å²) in [6, 6.07) is 0.662. The second-order valence-corrected chi connectivity index (χ2v) is 8.10. The summed E-state index contributed by atoms with van der Waals surface area (Å²) in [6.07, 6.45) is 1.41. The van der Waals surface area contributed by atoms with Crippen molar-refractivity contribution in [2.24, 2.45) is 0 Å². The summed E-state index contributed by atoms with van der Waals surface area (Å²) in [5, 5.41) is 8.46. The van der Waals surface area contributed by atoms with E-state index in [-0.39, 0.29) is 22.7 Å². The molecule has 5 rings (SSSR count). The fourth-order valence-corrected chi connectivity index (χ4v) is 3.90. The third-order valence-electron chi connectivity index (χ3n) is 5.62. The molecule has 7 nitrogen and oxygen atoms in total. The second-order valence-electron chi connectivity index (χ2n) is 8.10. The van der Waals surface area contributed by atoms with Crippen molar-refractivity contribution >= 4 is 23.2 Å². The predicted octanol–water partition coefficient (Wildman–Crippen LogP) is 4.12. The molecule has 2 fully saturated rings. The van der Waals surface area contributed by atoms with Gasteiger partial charge in [0.25, 0.3) is 11.8 Å². The lowest BCUT2D eigenvalue weighted by molar-refractivity contribution is 0.0221. The summed E-state index contributed by atoms with van der Waals surface area (Å²) in [5.74, 6) is -7.71. The fourth-order valence-electron chi connectivity index (χ4n) is 3.90. The van der Waals surface area contributed by atoms with Crippen molar-refractivity contribution in [1.29, 1.82) is 0 Å². The van der Waals surface area contributed by atoms with Gasteiger partial charge in [0.15, 0.2) is 5.65 Å². The second kappa shape index (κ2) is 7.25. The van der Waals surface area contributed by atoms with E-state index in [0.717, 1.165) is 23.1 Å². The van der Waals surface area contributed by atoms with E-state index < -0.39 is 61.0 Å². The molecule has 2 N–H and O–H groups in total. The van der Waals surface area contributed by atoms with Gasteiger partial charge < -0.3 is 15.5 Å². The van der Waals surface area contributed by atoms with Crippen molar-refractivity contribution in [3.05, 3.63) is 53.9 Å². The van der Waals surface area contributed by atoms with Crippen LogP contribution in [0.3, 0.4) is 0 Å². The molecule has 1 saturated carbocycles. The molecule has 1 aliphatic heterocycles. The van der Waals surface area contributed by atoms with Crippen LogP contribution in [0.25, 0.3) is 5.65 Å². The minimum atomic E-state index is -3.19. The first-order chi connectivity index (χ1) is 15.5. The van der Waals surface area contributed by atoms with Gasteiger partial charge >= 0.3 is 6.03 Å². The van der Waals surface area contributed by atoms with Crippen molar-refractivity contribution in [3.8, 4) is 0 Å². The Balaban J connectivity index is 1.45. The number of hydrogen-bond donors (Lipinski definition) is 2. The number of carbonyl (C=O) groups excluding carboxylic acids is 1. The Morgan fingerprint density at radius 2 is 1.88 bits per heavy atom. The summed E-state index contributed by atoms with van der Waals surface area (Å²) < 4.78 is 84.0. The molecule has 174 valence electrons. The van der Waals surface area contributed by atoms with Gasteiger partial charge in [-0.15, -0.1) is 0 Å². The van der Waals surface area contributed by atoms with Crippen LogP contribution in [-0.2, 0) is 0 Å². The lowest BCUT2D eigenvalue weighted by Gasteiger charge is -2.25. The van der Waals surface area contributed by atoms with Crippen LogP contribution in [0.5, 0.6) is 0 Å². The highest BCUT2D eigenvalue weighted by molar-refractivity contribution is 5.93. The monoisotopic (exact) mass is 470 g/mol. The number of aromatic nitrogens is 3. The van der Waals surface area contributed by atoms with E-state index in [1.54, 1.807) is 0 Å². The normalized spacial score (nSPS) is 23.0. The van der Waals surface area contributed by atoms with E-state index in [0.29, 0.717) is 0 Å². The maximum atomic E-state index is 14.4. The minimum absolute atomic E-state index is 0.0195. The molecule has 0 radical (unpaired) electrons. The van der Waals surface area contributed by atoms with Crippen molar-refractivity contribution in [1.82, 2.24) is 19.9 Å². The third-order valence-corrected chi connectivity index (χ3v) is 5.62. The number of amides is 2. The highest BCUT2D eigenvalue weighted by Gasteiger charge is 2.58. The molecular weight excluding hydrogens is 454 g/mol. The average Bonchev–Trinajstić information content (AvgIpc) is 3.05. The summed E-state index contributed by atoms with van der Waals surface area (Å²) in [4.78, 5) is 17.4. The van der Waals surface area contributed by atoms with Crippen LogP contribution in [-0.4, -0.2) is 45.1 Å². The molecule has 3 heterocycles. The third kappa shape index (κ3) is 4.02. The zero-order valence-corrected chi connectivity index (χ0v) is 16.7. The predicted molar refractivity (Wildman–Crippen MR) is 105 cm³/mol. The number of anilines is 2. The lowest BCUT2D eigenvalue weighted by Crippen LogP contribution is -2.33. The Hall–Kier alpha value is -3.51. The van der Waals surface area contributed by atoms with Crippen molar-refractivity contribution in [3.63, 3.8) is 0 Å². The average molecular weight is 470 g/mol. The maximum absolute atomic E-state index is 14.4. The van der Waals surface area contributed by atoms with E-state index in [2.05, 4.69) is 20.7 Å². The molecular formula is C20H16F6N6O. The van der Waals surface area contributed by atoms with Gasteiger partial charge in [-0.05, 0) is 24.3 Å².